The Morgan fingerprint density at radius 1 is 0.971 bits per heavy atom. The molecule has 188 valence electrons. The van der Waals surface area contributed by atoms with Crippen molar-refractivity contribution in [3.05, 3.63) is 54.1 Å². The molecule has 3 aliphatic heterocycles. The lowest BCUT2D eigenvalue weighted by molar-refractivity contribution is -0.119. The van der Waals surface area contributed by atoms with E-state index in [1.807, 2.05) is 23.1 Å². The Morgan fingerprint density at radius 2 is 1.66 bits per heavy atom. The first-order valence-corrected chi connectivity index (χ1v) is 13.7. The summed E-state index contributed by atoms with van der Waals surface area (Å²) in [7, 11) is -2.08. The fourth-order valence-corrected chi connectivity index (χ4v) is 7.31. The van der Waals surface area contributed by atoms with Crippen molar-refractivity contribution in [2.24, 2.45) is 0 Å². The van der Waals surface area contributed by atoms with E-state index in [9.17, 15) is 13.2 Å². The molecule has 0 aromatic heterocycles. The lowest BCUT2D eigenvalue weighted by Gasteiger charge is -2.41. The highest BCUT2D eigenvalue weighted by molar-refractivity contribution is 7.89. The summed E-state index contributed by atoms with van der Waals surface area (Å²) in [5.74, 6) is 0.984. The summed E-state index contributed by atoms with van der Waals surface area (Å²) in [4.78, 5) is 15.7. The number of carbonyl (C=O) groups is 1. The van der Waals surface area contributed by atoms with Gasteiger partial charge in [-0.05, 0) is 55.4 Å². The van der Waals surface area contributed by atoms with Crippen molar-refractivity contribution in [3.63, 3.8) is 0 Å². The van der Waals surface area contributed by atoms with Gasteiger partial charge in [-0.25, -0.2) is 8.42 Å². The zero-order valence-corrected chi connectivity index (χ0v) is 20.9. The van der Waals surface area contributed by atoms with Crippen molar-refractivity contribution < 1.29 is 22.7 Å². The molecule has 2 unspecified atom stereocenters. The monoisotopic (exact) mass is 499 g/mol. The minimum Gasteiger partial charge on any atom is -0.465 e. The van der Waals surface area contributed by atoms with Gasteiger partial charge in [0.1, 0.15) is 5.75 Å². The van der Waals surface area contributed by atoms with E-state index >= 15 is 0 Å². The van der Waals surface area contributed by atoms with Crippen LogP contribution in [-0.2, 0) is 19.6 Å². The van der Waals surface area contributed by atoms with Gasteiger partial charge in [-0.2, -0.15) is 4.31 Å². The van der Waals surface area contributed by atoms with E-state index in [0.29, 0.717) is 37.8 Å². The van der Waals surface area contributed by atoms with Gasteiger partial charge >= 0.3 is 0 Å². The molecule has 35 heavy (non-hydrogen) atoms. The zero-order chi connectivity index (χ0) is 24.4. The van der Waals surface area contributed by atoms with Crippen LogP contribution in [0.1, 0.15) is 37.2 Å². The Hall–Kier alpha value is -2.62. The lowest BCUT2D eigenvalue weighted by Crippen LogP contribution is -2.53. The Morgan fingerprint density at radius 3 is 2.29 bits per heavy atom. The number of ether oxygens (including phenoxy) is 2. The number of amides is 1. The molecular weight excluding hydrogens is 466 g/mol. The molecule has 0 N–H and O–H groups in total. The first-order chi connectivity index (χ1) is 17.0. The Labute approximate surface area is 207 Å². The minimum absolute atomic E-state index is 0.0791. The topological polar surface area (TPSA) is 79.4 Å². The largest absolute Gasteiger partial charge is 0.465 e. The molecule has 2 atom stereocenters. The van der Waals surface area contributed by atoms with E-state index in [4.69, 9.17) is 9.47 Å². The molecule has 0 radical (unpaired) electrons. The first kappa shape index (κ1) is 24.1. The molecule has 0 spiro atoms. The van der Waals surface area contributed by atoms with E-state index in [1.54, 1.807) is 29.6 Å². The minimum atomic E-state index is -3.64. The highest BCUT2D eigenvalue weighted by Crippen LogP contribution is 2.41. The van der Waals surface area contributed by atoms with Crippen molar-refractivity contribution in [1.82, 2.24) is 9.21 Å². The molecule has 9 heteroatoms. The second kappa shape index (κ2) is 10.2. The van der Waals surface area contributed by atoms with Crippen LogP contribution in [0.3, 0.4) is 0 Å². The zero-order valence-electron chi connectivity index (χ0n) is 20.1. The van der Waals surface area contributed by atoms with Crippen LogP contribution in [0.15, 0.2) is 53.4 Å². The van der Waals surface area contributed by atoms with Crippen molar-refractivity contribution >= 4 is 22.1 Å². The molecular formula is C26H33N3O5S. The van der Waals surface area contributed by atoms with Gasteiger partial charge in [0.2, 0.25) is 16.4 Å². The molecule has 8 nitrogen and oxygen atoms in total. The maximum atomic E-state index is 13.7. The maximum Gasteiger partial charge on any atom is 0.243 e. The predicted octanol–water partition coefficient (Wildman–Crippen LogP) is 3.05. The second-order valence-corrected chi connectivity index (χ2v) is 11.6. The fraction of sp³-hybridized carbons (Fsp3) is 0.500. The third-order valence-electron chi connectivity index (χ3n) is 7.56. The normalized spacial score (nSPS) is 23.5. The molecule has 3 saturated heterocycles. The number of carbonyl (C=O) groups excluding carboxylic acids is 1. The molecule has 5 rings (SSSR count). The Balaban J connectivity index is 1.39. The Kier molecular flexibility index (Phi) is 7.00. The summed E-state index contributed by atoms with van der Waals surface area (Å²) in [6.07, 6.45) is 4.45. The van der Waals surface area contributed by atoms with Crippen molar-refractivity contribution in [2.75, 3.05) is 45.0 Å². The predicted molar refractivity (Wildman–Crippen MR) is 133 cm³/mol. The van der Waals surface area contributed by atoms with Crippen LogP contribution in [0.2, 0.25) is 0 Å². The number of nitrogens with zero attached hydrogens (tertiary/aromatic N) is 3. The number of methoxy groups -OCH3 is 1. The maximum absolute atomic E-state index is 13.7. The molecule has 2 bridgehead atoms. The van der Waals surface area contributed by atoms with Crippen LogP contribution in [0.5, 0.6) is 5.75 Å². The number of anilines is 1. The summed E-state index contributed by atoms with van der Waals surface area (Å²) in [5, 5.41) is 0. The lowest BCUT2D eigenvalue weighted by atomic mass is 9.90. The second-order valence-electron chi connectivity index (χ2n) is 9.62. The average Bonchev–Trinajstić information content (AvgIpc) is 3.16. The quantitative estimate of drug-likeness (QED) is 0.410. The molecule has 2 aromatic carbocycles. The van der Waals surface area contributed by atoms with Gasteiger partial charge in [-0.15, -0.1) is 0 Å². The third-order valence-corrected chi connectivity index (χ3v) is 9.46. The molecule has 2 aromatic rings. The Bertz CT molecular complexity index is 1120. The number of hydrogen-bond acceptors (Lipinski definition) is 6. The number of piperazine rings is 1. The van der Waals surface area contributed by atoms with Crippen molar-refractivity contribution in [3.8, 4) is 5.75 Å². The molecule has 3 fully saturated rings. The summed E-state index contributed by atoms with van der Waals surface area (Å²) in [6.45, 7) is 2.35. The molecule has 0 aliphatic carbocycles. The summed E-state index contributed by atoms with van der Waals surface area (Å²) >= 11 is 0. The number of rotatable bonds is 8. The van der Waals surface area contributed by atoms with Crippen LogP contribution >= 0.6 is 0 Å². The van der Waals surface area contributed by atoms with Crippen LogP contribution in [0, 0.1) is 0 Å². The van der Waals surface area contributed by atoms with E-state index < -0.39 is 10.0 Å². The molecule has 0 saturated carbocycles. The number of benzene rings is 2. The number of likely N-dealkylation sites (tertiary alicyclic amines) is 1. The summed E-state index contributed by atoms with van der Waals surface area (Å²) in [6, 6.07) is 15.7. The SMILES string of the molecule is COCOc1ccc(S(=O)(=O)N2CCC(c3ccccc3)CC2)cc1N1C2CCC1CN(C=O)C2. The van der Waals surface area contributed by atoms with E-state index in [0.717, 1.165) is 37.8 Å². The van der Waals surface area contributed by atoms with Gasteiger partial charge in [0, 0.05) is 45.4 Å². The number of piperidine rings is 1. The van der Waals surface area contributed by atoms with Crippen LogP contribution in [-0.4, -0.2) is 76.2 Å². The molecule has 3 heterocycles. The van der Waals surface area contributed by atoms with Gasteiger partial charge < -0.3 is 19.3 Å². The van der Waals surface area contributed by atoms with E-state index in [2.05, 4.69) is 17.0 Å². The number of hydrogen-bond donors (Lipinski definition) is 0. The number of fused-ring (bicyclic) bond motifs is 2. The van der Waals surface area contributed by atoms with Gasteiger partial charge in [0.05, 0.1) is 10.6 Å². The van der Waals surface area contributed by atoms with Gasteiger partial charge in [-0.3, -0.25) is 4.79 Å². The van der Waals surface area contributed by atoms with Gasteiger partial charge in [0.15, 0.2) is 6.79 Å². The van der Waals surface area contributed by atoms with Gasteiger partial charge in [-0.1, -0.05) is 30.3 Å². The summed E-state index contributed by atoms with van der Waals surface area (Å²) < 4.78 is 39.9. The van der Waals surface area contributed by atoms with Gasteiger partial charge in [0.25, 0.3) is 0 Å². The van der Waals surface area contributed by atoms with Crippen LogP contribution in [0.4, 0.5) is 5.69 Å². The highest BCUT2D eigenvalue weighted by atomic mass is 32.2. The van der Waals surface area contributed by atoms with E-state index in [-0.39, 0.29) is 23.8 Å². The standard InChI is InChI=1S/C26H33N3O5S/c1-33-19-34-26-10-9-24(15-25(26)29-22-7-8-23(29)17-27(16-22)18-30)35(31,32)28-13-11-21(12-14-28)20-5-3-2-4-6-20/h2-6,9-10,15,18,21-23H,7-8,11-14,16-17,19H2,1H3. The third kappa shape index (κ3) is 4.77. The molecule has 3 aliphatic rings. The van der Waals surface area contributed by atoms with Crippen molar-refractivity contribution in [2.45, 2.75) is 48.6 Å². The average molecular weight is 500 g/mol. The fourth-order valence-electron chi connectivity index (χ4n) is 5.82. The van der Waals surface area contributed by atoms with E-state index in [1.165, 1.54) is 5.56 Å². The summed E-state index contributed by atoms with van der Waals surface area (Å²) in [5.41, 5.74) is 2.04. The van der Waals surface area contributed by atoms with Crippen LogP contribution < -0.4 is 9.64 Å². The highest BCUT2D eigenvalue weighted by Gasteiger charge is 2.41. The van der Waals surface area contributed by atoms with Crippen LogP contribution in [0.25, 0.3) is 0 Å². The first-order valence-electron chi connectivity index (χ1n) is 12.3. The smallest absolute Gasteiger partial charge is 0.243 e. The molecule has 1 amide bonds. The number of sulfonamides is 1. The van der Waals surface area contributed by atoms with Crippen molar-refractivity contribution in [1.29, 1.82) is 0 Å².